The number of Topliss-reactive ketones (excluding diaryl/α,β-unsaturated/α-hetero) is 1. The van der Waals surface area contributed by atoms with Gasteiger partial charge in [-0.15, -0.1) is 0 Å². The molecule has 1 unspecified atom stereocenters. The summed E-state index contributed by atoms with van der Waals surface area (Å²) in [5.74, 6) is -2.36. The van der Waals surface area contributed by atoms with E-state index in [0.717, 1.165) is 17.5 Å². The number of nitrogens with zero attached hydrogens (tertiary/aromatic N) is 1. The highest BCUT2D eigenvalue weighted by atomic mass is 19.1. The van der Waals surface area contributed by atoms with E-state index >= 15 is 0 Å². The number of rotatable bonds is 4. The third-order valence-electron chi connectivity index (χ3n) is 5.52. The molecule has 1 N–H and O–H groups in total. The Morgan fingerprint density at radius 2 is 1.71 bits per heavy atom. The Balaban J connectivity index is 1.94. The van der Waals surface area contributed by atoms with Gasteiger partial charge in [-0.1, -0.05) is 67.1 Å². The lowest BCUT2D eigenvalue weighted by molar-refractivity contribution is -0.132. The second kappa shape index (κ2) is 8.19. The minimum atomic E-state index is -0.868. The lowest BCUT2D eigenvalue weighted by atomic mass is 9.94. The maximum atomic E-state index is 13.9. The predicted molar refractivity (Wildman–Crippen MR) is 118 cm³/mol. The number of hydrogen-bond donors (Lipinski definition) is 1. The first-order valence-corrected chi connectivity index (χ1v) is 10.1. The van der Waals surface area contributed by atoms with Crippen LogP contribution in [0.4, 0.5) is 10.1 Å². The summed E-state index contributed by atoms with van der Waals surface area (Å²) >= 11 is 0. The molecule has 1 fully saturated rings. The summed E-state index contributed by atoms with van der Waals surface area (Å²) in [5, 5.41) is 11.1. The van der Waals surface area contributed by atoms with Gasteiger partial charge < -0.3 is 5.11 Å². The van der Waals surface area contributed by atoms with Crippen molar-refractivity contribution in [2.45, 2.75) is 26.3 Å². The fourth-order valence-electron chi connectivity index (χ4n) is 3.93. The summed E-state index contributed by atoms with van der Waals surface area (Å²) in [7, 11) is 0. The summed E-state index contributed by atoms with van der Waals surface area (Å²) in [6, 6.07) is 19.3. The number of aliphatic hydroxyl groups is 1. The van der Waals surface area contributed by atoms with E-state index in [1.54, 1.807) is 24.3 Å². The molecule has 1 heterocycles. The second-order valence-corrected chi connectivity index (χ2v) is 7.61. The Hall–Kier alpha value is -3.73. The number of ketones is 1. The zero-order chi connectivity index (χ0) is 22.1. The van der Waals surface area contributed by atoms with Crippen LogP contribution in [0.2, 0.25) is 0 Å². The van der Waals surface area contributed by atoms with Crippen LogP contribution in [-0.4, -0.2) is 16.8 Å². The number of carbonyl (C=O) groups excluding carboxylic acids is 2. The van der Waals surface area contributed by atoms with E-state index in [9.17, 15) is 19.1 Å². The number of benzene rings is 3. The standard InChI is InChI=1S/C26H22FNO3/c1-3-17-10-12-18(13-11-17)24(29)22-23(19-7-4-6-16(2)14-19)28(26(31)25(22)30)21-9-5-8-20(27)15-21/h4-15,23,29H,3H2,1-2H3/b24-22+. The molecule has 0 aromatic heterocycles. The van der Waals surface area contributed by atoms with Gasteiger partial charge in [-0.25, -0.2) is 4.39 Å². The molecular weight excluding hydrogens is 393 g/mol. The maximum absolute atomic E-state index is 13.9. The van der Waals surface area contributed by atoms with Crippen LogP contribution >= 0.6 is 0 Å². The molecular formula is C26H22FNO3. The average molecular weight is 415 g/mol. The van der Waals surface area contributed by atoms with Gasteiger partial charge >= 0.3 is 0 Å². The van der Waals surface area contributed by atoms with Crippen molar-refractivity contribution in [1.29, 1.82) is 0 Å². The van der Waals surface area contributed by atoms with Gasteiger partial charge in [0.25, 0.3) is 11.7 Å². The molecule has 3 aromatic carbocycles. The monoisotopic (exact) mass is 415 g/mol. The third-order valence-corrected chi connectivity index (χ3v) is 5.52. The number of aliphatic hydroxyl groups excluding tert-OH is 1. The molecule has 3 aromatic rings. The molecule has 4 nitrogen and oxygen atoms in total. The van der Waals surface area contributed by atoms with E-state index in [0.29, 0.717) is 11.1 Å². The van der Waals surface area contributed by atoms with Crippen LogP contribution < -0.4 is 4.90 Å². The van der Waals surface area contributed by atoms with Crippen LogP contribution in [0.1, 0.15) is 35.2 Å². The third kappa shape index (κ3) is 3.75. The Morgan fingerprint density at radius 1 is 1.00 bits per heavy atom. The molecule has 1 aliphatic heterocycles. The van der Waals surface area contributed by atoms with Gasteiger partial charge in [0, 0.05) is 11.3 Å². The highest BCUT2D eigenvalue weighted by Crippen LogP contribution is 2.42. The van der Waals surface area contributed by atoms with Crippen molar-refractivity contribution in [3.8, 4) is 0 Å². The van der Waals surface area contributed by atoms with Crippen molar-refractivity contribution in [3.63, 3.8) is 0 Å². The zero-order valence-corrected chi connectivity index (χ0v) is 17.3. The van der Waals surface area contributed by atoms with Crippen molar-refractivity contribution in [1.82, 2.24) is 0 Å². The molecule has 5 heteroatoms. The Labute approximate surface area is 180 Å². The molecule has 1 saturated heterocycles. The fraction of sp³-hybridized carbons (Fsp3) is 0.154. The van der Waals surface area contributed by atoms with Gasteiger partial charge in [0.2, 0.25) is 0 Å². The molecule has 0 saturated carbocycles. The quantitative estimate of drug-likeness (QED) is 0.356. The number of halogens is 1. The molecule has 0 aliphatic carbocycles. The van der Waals surface area contributed by atoms with Crippen LogP contribution in [-0.2, 0) is 16.0 Å². The van der Waals surface area contributed by atoms with Gasteiger partial charge in [-0.3, -0.25) is 14.5 Å². The molecule has 1 aliphatic rings. The van der Waals surface area contributed by atoms with Crippen molar-refractivity contribution in [3.05, 3.63) is 106 Å². The van der Waals surface area contributed by atoms with Crippen LogP contribution in [0, 0.1) is 12.7 Å². The summed E-state index contributed by atoms with van der Waals surface area (Å²) in [6.07, 6.45) is 0.842. The van der Waals surface area contributed by atoms with E-state index in [1.165, 1.54) is 23.1 Å². The van der Waals surface area contributed by atoms with E-state index in [4.69, 9.17) is 0 Å². The van der Waals surface area contributed by atoms with Crippen molar-refractivity contribution in [2.75, 3.05) is 4.90 Å². The predicted octanol–water partition coefficient (Wildman–Crippen LogP) is 5.32. The summed E-state index contributed by atoms with van der Waals surface area (Å²) < 4.78 is 13.9. The second-order valence-electron chi connectivity index (χ2n) is 7.61. The molecule has 1 atom stereocenters. The van der Waals surface area contributed by atoms with Crippen molar-refractivity contribution >= 4 is 23.1 Å². The average Bonchev–Trinajstić information content (AvgIpc) is 3.04. The van der Waals surface area contributed by atoms with Gasteiger partial charge in [-0.05, 0) is 42.7 Å². The number of carbonyl (C=O) groups is 2. The molecule has 0 bridgehead atoms. The first-order chi connectivity index (χ1) is 14.9. The Bertz CT molecular complexity index is 1200. The Morgan fingerprint density at radius 3 is 2.35 bits per heavy atom. The van der Waals surface area contributed by atoms with E-state index in [2.05, 4.69) is 0 Å². The molecule has 156 valence electrons. The van der Waals surface area contributed by atoms with Gasteiger partial charge in [0.05, 0.1) is 11.6 Å². The van der Waals surface area contributed by atoms with Gasteiger partial charge in [0.1, 0.15) is 11.6 Å². The number of hydrogen-bond acceptors (Lipinski definition) is 3. The fourth-order valence-corrected chi connectivity index (χ4v) is 3.93. The first kappa shape index (κ1) is 20.5. The molecule has 0 radical (unpaired) electrons. The molecule has 4 rings (SSSR count). The number of anilines is 1. The van der Waals surface area contributed by atoms with Crippen LogP contribution in [0.25, 0.3) is 5.76 Å². The molecule has 0 spiro atoms. The van der Waals surface area contributed by atoms with Gasteiger partial charge in [-0.2, -0.15) is 0 Å². The number of aryl methyl sites for hydroxylation is 2. The van der Waals surface area contributed by atoms with Crippen LogP contribution in [0.3, 0.4) is 0 Å². The molecule has 31 heavy (non-hydrogen) atoms. The minimum Gasteiger partial charge on any atom is -0.507 e. The topological polar surface area (TPSA) is 57.6 Å². The maximum Gasteiger partial charge on any atom is 0.300 e. The normalized spacial score (nSPS) is 17.9. The first-order valence-electron chi connectivity index (χ1n) is 10.1. The highest BCUT2D eigenvalue weighted by molar-refractivity contribution is 6.51. The SMILES string of the molecule is CCc1ccc(/C(O)=C2\C(=O)C(=O)N(c3cccc(F)c3)C2c2cccc(C)c2)cc1. The van der Waals surface area contributed by atoms with E-state index in [1.807, 2.05) is 44.2 Å². The van der Waals surface area contributed by atoms with E-state index in [-0.39, 0.29) is 17.0 Å². The van der Waals surface area contributed by atoms with Gasteiger partial charge in [0.15, 0.2) is 0 Å². The zero-order valence-electron chi connectivity index (χ0n) is 17.3. The summed E-state index contributed by atoms with van der Waals surface area (Å²) in [4.78, 5) is 27.4. The smallest absolute Gasteiger partial charge is 0.300 e. The minimum absolute atomic E-state index is 0.0101. The summed E-state index contributed by atoms with van der Waals surface area (Å²) in [6.45, 7) is 3.93. The van der Waals surface area contributed by atoms with Crippen LogP contribution in [0.5, 0.6) is 0 Å². The highest BCUT2D eigenvalue weighted by Gasteiger charge is 2.47. The lowest BCUT2D eigenvalue weighted by Gasteiger charge is -2.25. The van der Waals surface area contributed by atoms with Crippen molar-refractivity contribution < 1.29 is 19.1 Å². The lowest BCUT2D eigenvalue weighted by Crippen LogP contribution is -2.29. The Kier molecular flexibility index (Phi) is 5.42. The number of amides is 1. The molecule has 1 amide bonds. The van der Waals surface area contributed by atoms with Crippen LogP contribution in [0.15, 0.2) is 78.4 Å². The largest absolute Gasteiger partial charge is 0.507 e. The van der Waals surface area contributed by atoms with E-state index < -0.39 is 23.5 Å². The van der Waals surface area contributed by atoms with Crippen molar-refractivity contribution in [2.24, 2.45) is 0 Å². The summed E-state index contributed by atoms with van der Waals surface area (Å²) in [5.41, 5.74) is 3.39.